The van der Waals surface area contributed by atoms with Crippen LogP contribution in [0.5, 0.6) is 0 Å². The quantitative estimate of drug-likeness (QED) is 0.642. The first-order valence-electron chi connectivity index (χ1n) is 6.17. The van der Waals surface area contributed by atoms with E-state index in [-0.39, 0.29) is 24.0 Å². The van der Waals surface area contributed by atoms with Crippen molar-refractivity contribution in [3.05, 3.63) is 44.4 Å². The van der Waals surface area contributed by atoms with Crippen LogP contribution in [0.15, 0.2) is 33.0 Å². The molecule has 8 nitrogen and oxygen atoms in total. The summed E-state index contributed by atoms with van der Waals surface area (Å²) < 4.78 is 1.42. The van der Waals surface area contributed by atoms with Crippen LogP contribution in [0.4, 0.5) is 5.69 Å². The Bertz CT molecular complexity index is 722. The summed E-state index contributed by atoms with van der Waals surface area (Å²) in [4.78, 5) is 22.6. The third-order valence-electron chi connectivity index (χ3n) is 2.79. The number of nitrogens with one attached hydrogen (secondary N) is 1. The van der Waals surface area contributed by atoms with Crippen LogP contribution in [0.1, 0.15) is 25.5 Å². The minimum absolute atomic E-state index is 0.116. The molecule has 0 aliphatic rings. The molecule has 0 saturated heterocycles. The van der Waals surface area contributed by atoms with Crippen molar-refractivity contribution in [3.63, 3.8) is 0 Å². The molecular weight excluding hydrogens is 296 g/mol. The Hall–Kier alpha value is -2.13. The van der Waals surface area contributed by atoms with Crippen LogP contribution >= 0.6 is 11.8 Å². The van der Waals surface area contributed by atoms with Gasteiger partial charge in [-0.05, 0) is 37.2 Å². The monoisotopic (exact) mass is 310 g/mol. The molecule has 21 heavy (non-hydrogen) atoms. The lowest BCUT2D eigenvalue weighted by atomic mass is 10.2. The fourth-order valence-electron chi connectivity index (χ4n) is 1.81. The third kappa shape index (κ3) is 3.14. The second-order valence-electron chi connectivity index (χ2n) is 4.59. The number of benzene rings is 1. The third-order valence-corrected chi connectivity index (χ3v) is 3.83. The Kier molecular flexibility index (Phi) is 4.43. The Labute approximate surface area is 124 Å². The lowest BCUT2D eigenvalue weighted by Gasteiger charge is -2.09. The van der Waals surface area contributed by atoms with Crippen molar-refractivity contribution >= 4 is 17.4 Å². The molecule has 0 fully saturated rings. The highest BCUT2D eigenvalue weighted by molar-refractivity contribution is 7.99. The van der Waals surface area contributed by atoms with Crippen LogP contribution in [-0.2, 0) is 6.61 Å². The smallest absolute Gasteiger partial charge is 0.344 e. The van der Waals surface area contributed by atoms with Gasteiger partial charge in [-0.25, -0.2) is 9.89 Å². The molecule has 0 atom stereocenters. The summed E-state index contributed by atoms with van der Waals surface area (Å²) in [7, 11) is 0. The number of H-pyrrole nitrogens is 1. The van der Waals surface area contributed by atoms with Crippen molar-refractivity contribution in [2.45, 2.75) is 36.5 Å². The lowest BCUT2D eigenvalue weighted by Crippen LogP contribution is -2.19. The van der Waals surface area contributed by atoms with Crippen molar-refractivity contribution in [2.24, 2.45) is 0 Å². The zero-order valence-corrected chi connectivity index (χ0v) is 12.3. The van der Waals surface area contributed by atoms with Gasteiger partial charge in [-0.2, -0.15) is 0 Å². The number of hydrogen-bond acceptors (Lipinski definition) is 6. The molecule has 0 amide bonds. The average molecular weight is 310 g/mol. The molecule has 0 unspecified atom stereocenters. The summed E-state index contributed by atoms with van der Waals surface area (Å²) in [6.45, 7) is 3.37. The molecule has 0 saturated carbocycles. The van der Waals surface area contributed by atoms with E-state index in [1.165, 1.54) is 16.7 Å². The van der Waals surface area contributed by atoms with E-state index in [4.69, 9.17) is 5.11 Å². The summed E-state index contributed by atoms with van der Waals surface area (Å²) in [5.41, 5.74) is -0.0336. The SMILES string of the molecule is CC(C)n1c(Sc2ccc(CO)cc2[N+](=O)[O-])n[nH]c1=O. The summed E-state index contributed by atoms with van der Waals surface area (Å²) in [5, 5.41) is 26.8. The average Bonchev–Trinajstić information content (AvgIpc) is 2.80. The number of nitro groups is 1. The van der Waals surface area contributed by atoms with E-state index in [1.54, 1.807) is 6.07 Å². The van der Waals surface area contributed by atoms with E-state index in [9.17, 15) is 14.9 Å². The van der Waals surface area contributed by atoms with Crippen LogP contribution in [0.25, 0.3) is 0 Å². The molecule has 0 radical (unpaired) electrons. The van der Waals surface area contributed by atoms with Crippen LogP contribution in [-0.4, -0.2) is 24.8 Å². The number of rotatable bonds is 5. The van der Waals surface area contributed by atoms with Gasteiger partial charge < -0.3 is 5.11 Å². The molecule has 2 N–H and O–H groups in total. The van der Waals surface area contributed by atoms with Crippen molar-refractivity contribution in [1.82, 2.24) is 14.8 Å². The number of hydrogen-bond donors (Lipinski definition) is 2. The van der Waals surface area contributed by atoms with Crippen LogP contribution in [0, 0.1) is 10.1 Å². The molecule has 2 aromatic rings. The molecular formula is C12H14N4O4S. The fraction of sp³-hybridized carbons (Fsp3) is 0.333. The van der Waals surface area contributed by atoms with E-state index < -0.39 is 4.92 Å². The fourth-order valence-corrected chi connectivity index (χ4v) is 2.86. The van der Waals surface area contributed by atoms with E-state index in [0.29, 0.717) is 15.6 Å². The van der Waals surface area contributed by atoms with Gasteiger partial charge in [-0.3, -0.25) is 14.7 Å². The zero-order valence-electron chi connectivity index (χ0n) is 11.4. The van der Waals surface area contributed by atoms with Gasteiger partial charge >= 0.3 is 5.69 Å². The highest BCUT2D eigenvalue weighted by Crippen LogP contribution is 2.34. The van der Waals surface area contributed by atoms with Crippen molar-refractivity contribution < 1.29 is 10.0 Å². The first-order chi connectivity index (χ1) is 9.93. The van der Waals surface area contributed by atoms with Gasteiger partial charge in [0, 0.05) is 12.1 Å². The van der Waals surface area contributed by atoms with E-state index >= 15 is 0 Å². The van der Waals surface area contributed by atoms with Crippen molar-refractivity contribution in [2.75, 3.05) is 0 Å². The highest BCUT2D eigenvalue weighted by Gasteiger charge is 2.20. The molecule has 0 aliphatic carbocycles. The van der Waals surface area contributed by atoms with Crippen molar-refractivity contribution in [3.8, 4) is 0 Å². The van der Waals surface area contributed by atoms with Gasteiger partial charge in [-0.1, -0.05) is 6.07 Å². The van der Waals surface area contributed by atoms with Crippen LogP contribution in [0.2, 0.25) is 0 Å². The number of aromatic nitrogens is 3. The maximum Gasteiger partial charge on any atom is 0.344 e. The first-order valence-corrected chi connectivity index (χ1v) is 6.98. The van der Waals surface area contributed by atoms with E-state index in [1.807, 2.05) is 13.8 Å². The molecule has 9 heteroatoms. The number of aliphatic hydroxyl groups is 1. The van der Waals surface area contributed by atoms with E-state index in [2.05, 4.69) is 10.2 Å². The van der Waals surface area contributed by atoms with E-state index in [0.717, 1.165) is 11.8 Å². The molecule has 2 rings (SSSR count). The molecule has 1 heterocycles. The lowest BCUT2D eigenvalue weighted by molar-refractivity contribution is -0.387. The minimum Gasteiger partial charge on any atom is -0.392 e. The summed E-state index contributed by atoms with van der Waals surface area (Å²) in [6.07, 6.45) is 0. The Morgan fingerprint density at radius 2 is 2.24 bits per heavy atom. The van der Waals surface area contributed by atoms with Gasteiger partial charge in [0.2, 0.25) is 0 Å². The van der Waals surface area contributed by atoms with Crippen LogP contribution < -0.4 is 5.69 Å². The topological polar surface area (TPSA) is 114 Å². The zero-order chi connectivity index (χ0) is 15.6. The number of aliphatic hydroxyl groups excluding tert-OH is 1. The van der Waals surface area contributed by atoms with Crippen molar-refractivity contribution in [1.29, 1.82) is 0 Å². The minimum atomic E-state index is -0.522. The van der Waals surface area contributed by atoms with Crippen LogP contribution in [0.3, 0.4) is 0 Å². The summed E-state index contributed by atoms with van der Waals surface area (Å²) >= 11 is 1.03. The predicted octanol–water partition coefficient (Wildman–Crippen LogP) is 1.70. The molecule has 0 aliphatic heterocycles. The molecule has 112 valence electrons. The number of aromatic amines is 1. The maximum absolute atomic E-state index is 11.7. The maximum atomic E-state index is 11.7. The Balaban J connectivity index is 2.45. The first kappa shape index (κ1) is 15.3. The highest BCUT2D eigenvalue weighted by atomic mass is 32.2. The second kappa shape index (κ2) is 6.10. The van der Waals surface area contributed by atoms with Gasteiger partial charge in [0.1, 0.15) is 0 Å². The second-order valence-corrected chi connectivity index (χ2v) is 5.60. The number of nitrogens with zero attached hydrogens (tertiary/aromatic N) is 3. The summed E-state index contributed by atoms with van der Waals surface area (Å²) in [6, 6.07) is 4.33. The normalized spacial score (nSPS) is 11.0. The molecule has 0 bridgehead atoms. The van der Waals surface area contributed by atoms with Gasteiger partial charge in [0.05, 0.1) is 16.4 Å². The van der Waals surface area contributed by atoms with Gasteiger partial charge in [0.15, 0.2) is 5.16 Å². The Morgan fingerprint density at radius 3 is 2.81 bits per heavy atom. The standard InChI is InChI=1S/C12H14N4O4S/c1-7(2)15-11(18)13-14-12(15)21-10-4-3-8(6-17)5-9(10)16(19)20/h3-5,7,17H,6H2,1-2H3,(H,13,18). The number of nitro benzene ring substituents is 1. The molecule has 1 aromatic carbocycles. The Morgan fingerprint density at radius 1 is 1.52 bits per heavy atom. The van der Waals surface area contributed by atoms with Gasteiger partial charge in [-0.15, -0.1) is 5.10 Å². The molecule has 0 spiro atoms. The molecule has 1 aromatic heterocycles. The largest absolute Gasteiger partial charge is 0.392 e. The predicted molar refractivity (Wildman–Crippen MR) is 76.4 cm³/mol. The summed E-state index contributed by atoms with van der Waals surface area (Å²) in [5.74, 6) is 0. The van der Waals surface area contributed by atoms with Gasteiger partial charge in [0.25, 0.3) is 5.69 Å².